The molecule has 0 aliphatic rings. The third-order valence-corrected chi connectivity index (χ3v) is 3.97. The number of aliphatic hydroxyl groups is 1. The Kier molecular flexibility index (Phi) is 9.72. The number of guanidine groups is 1. The lowest BCUT2D eigenvalue weighted by atomic mass is 10.0. The van der Waals surface area contributed by atoms with Crippen molar-refractivity contribution in [1.29, 1.82) is 0 Å². The Bertz CT molecular complexity index is 473. The van der Waals surface area contributed by atoms with Crippen molar-refractivity contribution < 1.29 is 5.11 Å². The lowest BCUT2D eigenvalue weighted by Gasteiger charge is -2.23. The lowest BCUT2D eigenvalue weighted by molar-refractivity contribution is 0.253. The van der Waals surface area contributed by atoms with Gasteiger partial charge in [-0.25, -0.2) is 0 Å². The fraction of sp³-hybridized carbons (Fsp3) is 0.611. The summed E-state index contributed by atoms with van der Waals surface area (Å²) in [4.78, 5) is 6.87. The van der Waals surface area contributed by atoms with Crippen molar-refractivity contribution in [1.82, 2.24) is 10.2 Å². The van der Waals surface area contributed by atoms with Crippen molar-refractivity contribution in [3.8, 4) is 0 Å². The summed E-state index contributed by atoms with van der Waals surface area (Å²) in [6, 6.07) is 7.90. The minimum absolute atomic E-state index is 0.231. The van der Waals surface area contributed by atoms with Gasteiger partial charge in [0.15, 0.2) is 5.96 Å². The number of rotatable bonds is 9. The maximum absolute atomic E-state index is 9.17. The Morgan fingerprint density at radius 2 is 2.13 bits per heavy atom. The highest BCUT2D eigenvalue weighted by molar-refractivity contribution is 6.30. The van der Waals surface area contributed by atoms with Gasteiger partial charge in [-0.3, -0.25) is 4.99 Å². The van der Waals surface area contributed by atoms with Gasteiger partial charge in [0.2, 0.25) is 0 Å². The Hall–Kier alpha value is -1.26. The predicted octanol–water partition coefficient (Wildman–Crippen LogP) is 3.54. The third kappa shape index (κ3) is 7.71. The van der Waals surface area contributed by atoms with Crippen LogP contribution in [0.4, 0.5) is 0 Å². The average Bonchev–Trinajstić information content (AvgIpc) is 2.51. The maximum atomic E-state index is 9.17. The van der Waals surface area contributed by atoms with Crippen LogP contribution in [0.25, 0.3) is 0 Å². The SMILES string of the molecule is CCCC(CCO)CN=C(NCC)N(C)Cc1cccc(Cl)c1. The smallest absolute Gasteiger partial charge is 0.193 e. The van der Waals surface area contributed by atoms with Crippen LogP contribution in [0.3, 0.4) is 0 Å². The number of hydrogen-bond acceptors (Lipinski definition) is 2. The number of benzene rings is 1. The minimum Gasteiger partial charge on any atom is -0.396 e. The van der Waals surface area contributed by atoms with Crippen LogP contribution in [0, 0.1) is 5.92 Å². The standard InChI is InChI=1S/C18H30ClN3O/c1-4-7-15(10-11-23)13-21-18(20-5-2)22(3)14-16-8-6-9-17(19)12-16/h6,8-9,12,15,23H,4-5,7,10-11,13-14H2,1-3H3,(H,20,21). The molecule has 0 heterocycles. The van der Waals surface area contributed by atoms with Crippen LogP contribution in [0.5, 0.6) is 0 Å². The molecule has 0 fully saturated rings. The van der Waals surface area contributed by atoms with E-state index < -0.39 is 0 Å². The Morgan fingerprint density at radius 1 is 1.35 bits per heavy atom. The van der Waals surface area contributed by atoms with Gasteiger partial charge < -0.3 is 15.3 Å². The molecule has 0 bridgehead atoms. The van der Waals surface area contributed by atoms with Crippen LogP contribution in [-0.2, 0) is 6.54 Å². The van der Waals surface area contributed by atoms with Gasteiger partial charge in [-0.2, -0.15) is 0 Å². The Morgan fingerprint density at radius 3 is 2.74 bits per heavy atom. The number of aliphatic imine (C=N–C) groups is 1. The molecule has 0 spiro atoms. The summed E-state index contributed by atoms with van der Waals surface area (Å²) < 4.78 is 0. The second-order valence-electron chi connectivity index (χ2n) is 5.85. The second kappa shape index (κ2) is 11.3. The fourth-order valence-corrected chi connectivity index (χ4v) is 2.80. The van der Waals surface area contributed by atoms with E-state index >= 15 is 0 Å². The van der Waals surface area contributed by atoms with Gasteiger partial charge in [-0.05, 0) is 43.4 Å². The van der Waals surface area contributed by atoms with Gasteiger partial charge in [-0.15, -0.1) is 0 Å². The van der Waals surface area contributed by atoms with E-state index in [2.05, 4.69) is 30.1 Å². The van der Waals surface area contributed by atoms with Crippen LogP contribution in [0.2, 0.25) is 5.02 Å². The molecule has 1 aromatic rings. The first-order valence-electron chi connectivity index (χ1n) is 8.45. The van der Waals surface area contributed by atoms with Crippen LogP contribution in [-0.4, -0.2) is 42.7 Å². The number of halogens is 1. The van der Waals surface area contributed by atoms with Gasteiger partial charge in [0.1, 0.15) is 0 Å². The zero-order valence-corrected chi connectivity index (χ0v) is 15.3. The second-order valence-corrected chi connectivity index (χ2v) is 6.28. The first-order chi connectivity index (χ1) is 11.1. The van der Waals surface area contributed by atoms with E-state index in [0.29, 0.717) is 5.92 Å². The van der Waals surface area contributed by atoms with Gasteiger partial charge >= 0.3 is 0 Å². The number of nitrogens with one attached hydrogen (secondary N) is 1. The topological polar surface area (TPSA) is 47.9 Å². The number of aliphatic hydroxyl groups excluding tert-OH is 1. The van der Waals surface area contributed by atoms with Crippen molar-refractivity contribution in [2.45, 2.75) is 39.7 Å². The molecule has 1 rings (SSSR count). The van der Waals surface area contributed by atoms with Gasteiger partial charge in [0, 0.05) is 38.3 Å². The molecule has 0 aromatic heterocycles. The minimum atomic E-state index is 0.231. The van der Waals surface area contributed by atoms with E-state index in [0.717, 1.165) is 55.4 Å². The molecule has 0 radical (unpaired) electrons. The quantitative estimate of drug-likeness (QED) is 0.534. The van der Waals surface area contributed by atoms with Gasteiger partial charge in [-0.1, -0.05) is 37.1 Å². The van der Waals surface area contributed by atoms with Crippen molar-refractivity contribution >= 4 is 17.6 Å². The molecular weight excluding hydrogens is 310 g/mol. The molecule has 1 unspecified atom stereocenters. The summed E-state index contributed by atoms with van der Waals surface area (Å²) in [7, 11) is 2.03. The van der Waals surface area contributed by atoms with Crippen LogP contribution in [0.15, 0.2) is 29.3 Å². The largest absolute Gasteiger partial charge is 0.396 e. The summed E-state index contributed by atoms with van der Waals surface area (Å²) >= 11 is 6.05. The van der Waals surface area contributed by atoms with E-state index in [1.807, 2.05) is 25.2 Å². The number of hydrogen-bond donors (Lipinski definition) is 2. The van der Waals surface area contributed by atoms with E-state index in [1.165, 1.54) is 0 Å². The molecule has 0 saturated heterocycles. The van der Waals surface area contributed by atoms with Crippen molar-refractivity contribution in [2.75, 3.05) is 26.7 Å². The molecule has 0 aliphatic carbocycles. The van der Waals surface area contributed by atoms with Crippen molar-refractivity contribution in [2.24, 2.45) is 10.9 Å². The van der Waals surface area contributed by atoms with Crippen LogP contribution < -0.4 is 5.32 Å². The summed E-state index contributed by atoms with van der Waals surface area (Å²) in [6.45, 7) is 6.80. The van der Waals surface area contributed by atoms with Crippen molar-refractivity contribution in [3.63, 3.8) is 0 Å². The summed E-state index contributed by atoms with van der Waals surface area (Å²) in [5.41, 5.74) is 1.16. The first kappa shape index (κ1) is 19.8. The van der Waals surface area contributed by atoms with E-state index in [9.17, 15) is 5.11 Å². The molecule has 0 amide bonds. The predicted molar refractivity (Wildman–Crippen MR) is 99.0 cm³/mol. The highest BCUT2D eigenvalue weighted by Gasteiger charge is 2.10. The lowest BCUT2D eigenvalue weighted by Crippen LogP contribution is -2.38. The number of nitrogens with zero attached hydrogens (tertiary/aromatic N) is 2. The molecule has 1 aromatic carbocycles. The van der Waals surface area contributed by atoms with Crippen molar-refractivity contribution in [3.05, 3.63) is 34.9 Å². The average molecular weight is 340 g/mol. The molecule has 4 nitrogen and oxygen atoms in total. The molecule has 0 saturated carbocycles. The zero-order valence-electron chi connectivity index (χ0n) is 14.6. The highest BCUT2D eigenvalue weighted by Crippen LogP contribution is 2.13. The summed E-state index contributed by atoms with van der Waals surface area (Å²) in [5.74, 6) is 1.34. The zero-order chi connectivity index (χ0) is 17.1. The molecule has 0 aliphatic heterocycles. The maximum Gasteiger partial charge on any atom is 0.193 e. The summed E-state index contributed by atoms with van der Waals surface area (Å²) in [6.07, 6.45) is 3.03. The van der Waals surface area contributed by atoms with Gasteiger partial charge in [0.25, 0.3) is 0 Å². The monoisotopic (exact) mass is 339 g/mol. The Balaban J connectivity index is 2.72. The first-order valence-corrected chi connectivity index (χ1v) is 8.83. The van der Waals surface area contributed by atoms with Crippen LogP contribution >= 0.6 is 11.6 Å². The molecule has 2 N–H and O–H groups in total. The fourth-order valence-electron chi connectivity index (χ4n) is 2.59. The van der Waals surface area contributed by atoms with E-state index in [1.54, 1.807) is 0 Å². The highest BCUT2D eigenvalue weighted by atomic mass is 35.5. The van der Waals surface area contributed by atoms with Gasteiger partial charge in [0.05, 0.1) is 0 Å². The van der Waals surface area contributed by atoms with E-state index in [-0.39, 0.29) is 6.61 Å². The molecular formula is C18H30ClN3O. The van der Waals surface area contributed by atoms with Crippen LogP contribution in [0.1, 0.15) is 38.7 Å². The molecule has 1 atom stereocenters. The summed E-state index contributed by atoms with van der Waals surface area (Å²) in [5, 5.41) is 13.3. The normalized spacial score (nSPS) is 13.0. The molecule has 23 heavy (non-hydrogen) atoms. The molecule has 5 heteroatoms. The van der Waals surface area contributed by atoms with E-state index in [4.69, 9.17) is 16.6 Å². The Labute approximate surface area is 145 Å². The third-order valence-electron chi connectivity index (χ3n) is 3.74. The molecule has 130 valence electrons.